The largest absolute Gasteiger partial charge is 0.384 e. The molecule has 0 saturated heterocycles. The third-order valence-electron chi connectivity index (χ3n) is 2.65. The Hall–Kier alpha value is -2.91. The van der Waals surface area contributed by atoms with Crippen molar-refractivity contribution in [2.24, 2.45) is 7.05 Å². The van der Waals surface area contributed by atoms with Crippen LogP contribution < -0.4 is 10.9 Å². The maximum absolute atomic E-state index is 12.0. The Morgan fingerprint density at radius 1 is 1.43 bits per heavy atom. The first kappa shape index (κ1) is 14.5. The number of aliphatic hydroxyl groups excluding tert-OH is 1. The van der Waals surface area contributed by atoms with Gasteiger partial charge in [-0.25, -0.2) is 4.98 Å². The van der Waals surface area contributed by atoms with Crippen LogP contribution in [-0.4, -0.2) is 27.2 Å². The quantitative estimate of drug-likeness (QED) is 0.780. The van der Waals surface area contributed by atoms with Crippen molar-refractivity contribution >= 4 is 11.7 Å². The number of nitrogens with zero attached hydrogens (tertiary/aromatic N) is 2. The second-order valence-corrected chi connectivity index (χ2v) is 4.19. The number of anilines is 1. The number of carbonyl (C=O) groups is 1. The molecular formula is C15H13N3O3. The van der Waals surface area contributed by atoms with Crippen molar-refractivity contribution in [1.82, 2.24) is 9.55 Å². The summed E-state index contributed by atoms with van der Waals surface area (Å²) in [4.78, 5) is 27.6. The molecule has 0 atom stereocenters. The summed E-state index contributed by atoms with van der Waals surface area (Å²) in [6.45, 7) is -0.258. The fourth-order valence-electron chi connectivity index (χ4n) is 1.58. The first-order chi connectivity index (χ1) is 10.1. The Morgan fingerprint density at radius 2 is 2.24 bits per heavy atom. The SMILES string of the molecule is Cn1ccc(C(=O)Nc2cccc(C#CCO)n2)cc1=O. The highest BCUT2D eigenvalue weighted by Gasteiger charge is 2.08. The molecule has 0 aliphatic carbocycles. The fraction of sp³-hybridized carbons (Fsp3) is 0.133. The minimum atomic E-state index is -0.424. The average Bonchev–Trinajstić information content (AvgIpc) is 2.48. The molecule has 0 radical (unpaired) electrons. The number of carbonyl (C=O) groups excluding carboxylic acids is 1. The van der Waals surface area contributed by atoms with E-state index in [2.05, 4.69) is 22.1 Å². The molecule has 2 aromatic heterocycles. The summed E-state index contributed by atoms with van der Waals surface area (Å²) in [5.41, 5.74) is 0.427. The number of nitrogens with one attached hydrogen (secondary N) is 1. The van der Waals surface area contributed by atoms with E-state index >= 15 is 0 Å². The topological polar surface area (TPSA) is 84.2 Å². The Kier molecular flexibility index (Phi) is 4.49. The molecule has 6 heteroatoms. The van der Waals surface area contributed by atoms with Crippen LogP contribution in [0.3, 0.4) is 0 Å². The predicted octanol–water partition coefficient (Wildman–Crippen LogP) is 0.376. The number of aliphatic hydroxyl groups is 1. The molecule has 2 rings (SSSR count). The van der Waals surface area contributed by atoms with Crippen LogP contribution in [0.25, 0.3) is 0 Å². The number of rotatable bonds is 2. The van der Waals surface area contributed by atoms with Crippen molar-refractivity contribution < 1.29 is 9.90 Å². The first-order valence-corrected chi connectivity index (χ1v) is 6.15. The lowest BCUT2D eigenvalue weighted by Crippen LogP contribution is -2.20. The van der Waals surface area contributed by atoms with Crippen LogP contribution in [-0.2, 0) is 7.05 Å². The van der Waals surface area contributed by atoms with Gasteiger partial charge in [-0.15, -0.1) is 0 Å². The van der Waals surface area contributed by atoms with Gasteiger partial charge in [0.15, 0.2) is 0 Å². The number of pyridine rings is 2. The molecule has 21 heavy (non-hydrogen) atoms. The molecule has 0 bridgehead atoms. The lowest BCUT2D eigenvalue weighted by Gasteiger charge is -2.05. The number of aromatic nitrogens is 2. The van der Waals surface area contributed by atoms with Crippen LogP contribution in [0.15, 0.2) is 41.3 Å². The zero-order valence-corrected chi connectivity index (χ0v) is 11.3. The van der Waals surface area contributed by atoms with E-state index in [4.69, 9.17) is 5.11 Å². The van der Waals surface area contributed by atoms with Crippen LogP contribution in [0.1, 0.15) is 16.1 Å². The number of amides is 1. The zero-order valence-electron chi connectivity index (χ0n) is 11.3. The minimum Gasteiger partial charge on any atom is -0.384 e. The normalized spacial score (nSPS) is 9.62. The zero-order chi connectivity index (χ0) is 15.2. The molecule has 0 aliphatic heterocycles. The van der Waals surface area contributed by atoms with Crippen LogP contribution in [0, 0.1) is 11.8 Å². The third-order valence-corrected chi connectivity index (χ3v) is 2.65. The van der Waals surface area contributed by atoms with E-state index in [0.29, 0.717) is 11.5 Å². The van der Waals surface area contributed by atoms with E-state index in [1.54, 1.807) is 31.3 Å². The molecule has 1 amide bonds. The van der Waals surface area contributed by atoms with Crippen molar-refractivity contribution in [2.75, 3.05) is 11.9 Å². The Bertz CT molecular complexity index is 784. The standard InChI is InChI=1S/C15H13N3O3/c1-18-8-7-11(10-14(18)20)15(21)17-13-6-2-4-12(16-13)5-3-9-19/h2,4,6-8,10,19H,9H2,1H3,(H,16,17,21). The first-order valence-electron chi connectivity index (χ1n) is 6.15. The van der Waals surface area contributed by atoms with E-state index in [9.17, 15) is 9.59 Å². The van der Waals surface area contributed by atoms with Gasteiger partial charge in [0.2, 0.25) is 0 Å². The van der Waals surface area contributed by atoms with Crippen LogP contribution >= 0.6 is 0 Å². The molecule has 2 N–H and O–H groups in total. The van der Waals surface area contributed by atoms with Gasteiger partial charge < -0.3 is 15.0 Å². The van der Waals surface area contributed by atoms with E-state index in [1.807, 2.05) is 0 Å². The van der Waals surface area contributed by atoms with Gasteiger partial charge in [-0.1, -0.05) is 12.0 Å². The highest BCUT2D eigenvalue weighted by Crippen LogP contribution is 2.06. The van der Waals surface area contributed by atoms with Crippen molar-refractivity contribution in [1.29, 1.82) is 0 Å². The predicted molar refractivity (Wildman–Crippen MR) is 77.8 cm³/mol. The number of hydrogen-bond donors (Lipinski definition) is 2. The van der Waals surface area contributed by atoms with E-state index in [1.165, 1.54) is 16.8 Å². The number of aryl methyl sites for hydroxylation is 1. The van der Waals surface area contributed by atoms with Gasteiger partial charge >= 0.3 is 0 Å². The highest BCUT2D eigenvalue weighted by molar-refractivity contribution is 6.03. The fourth-order valence-corrected chi connectivity index (χ4v) is 1.58. The monoisotopic (exact) mass is 283 g/mol. The molecular weight excluding hydrogens is 270 g/mol. The summed E-state index contributed by atoms with van der Waals surface area (Å²) in [5, 5.41) is 11.2. The van der Waals surface area contributed by atoms with Crippen LogP contribution in [0.2, 0.25) is 0 Å². The van der Waals surface area contributed by atoms with Crippen molar-refractivity contribution in [3.05, 3.63) is 58.1 Å². The van der Waals surface area contributed by atoms with Gasteiger partial charge in [0.25, 0.3) is 11.5 Å². The van der Waals surface area contributed by atoms with Crippen molar-refractivity contribution in [3.63, 3.8) is 0 Å². The number of hydrogen-bond acceptors (Lipinski definition) is 4. The smallest absolute Gasteiger partial charge is 0.257 e. The summed E-state index contributed by atoms with van der Waals surface area (Å²) in [6, 6.07) is 7.77. The van der Waals surface area contributed by atoms with Gasteiger partial charge in [-0.3, -0.25) is 9.59 Å². The summed E-state index contributed by atoms with van der Waals surface area (Å²) in [6.07, 6.45) is 1.52. The van der Waals surface area contributed by atoms with Gasteiger partial charge in [0, 0.05) is 24.9 Å². The van der Waals surface area contributed by atoms with E-state index in [-0.39, 0.29) is 17.7 Å². The molecule has 0 aliphatic rings. The van der Waals surface area contributed by atoms with Crippen LogP contribution in [0.5, 0.6) is 0 Å². The molecule has 0 fully saturated rings. The van der Waals surface area contributed by atoms with Crippen molar-refractivity contribution in [2.45, 2.75) is 0 Å². The molecule has 2 aromatic rings. The minimum absolute atomic E-state index is 0.256. The third kappa shape index (κ3) is 3.78. The van der Waals surface area contributed by atoms with Gasteiger partial charge in [0.05, 0.1) is 0 Å². The van der Waals surface area contributed by atoms with Crippen molar-refractivity contribution in [3.8, 4) is 11.8 Å². The van der Waals surface area contributed by atoms with Gasteiger partial charge in [0.1, 0.15) is 18.1 Å². The maximum atomic E-state index is 12.0. The molecule has 0 aromatic carbocycles. The second kappa shape index (κ2) is 6.50. The molecule has 0 spiro atoms. The average molecular weight is 283 g/mol. The van der Waals surface area contributed by atoms with Gasteiger partial charge in [-0.2, -0.15) is 0 Å². The molecule has 2 heterocycles. The molecule has 106 valence electrons. The highest BCUT2D eigenvalue weighted by atomic mass is 16.2. The maximum Gasteiger partial charge on any atom is 0.257 e. The Balaban J connectivity index is 2.19. The molecule has 0 unspecified atom stereocenters. The lowest BCUT2D eigenvalue weighted by molar-refractivity contribution is 0.102. The summed E-state index contributed by atoms with van der Waals surface area (Å²) in [5.74, 6) is 5.03. The lowest BCUT2D eigenvalue weighted by atomic mass is 10.2. The van der Waals surface area contributed by atoms with E-state index in [0.717, 1.165) is 0 Å². The van der Waals surface area contributed by atoms with E-state index < -0.39 is 5.91 Å². The summed E-state index contributed by atoms with van der Waals surface area (Å²) >= 11 is 0. The van der Waals surface area contributed by atoms with Gasteiger partial charge in [-0.05, 0) is 24.1 Å². The molecule has 0 saturated carbocycles. The second-order valence-electron chi connectivity index (χ2n) is 4.19. The summed E-state index contributed by atoms with van der Waals surface area (Å²) in [7, 11) is 1.61. The Morgan fingerprint density at radius 3 is 2.95 bits per heavy atom. The Labute approximate surface area is 121 Å². The molecule has 6 nitrogen and oxygen atoms in total. The van der Waals surface area contributed by atoms with Crippen LogP contribution in [0.4, 0.5) is 5.82 Å². The summed E-state index contributed by atoms with van der Waals surface area (Å²) < 4.78 is 1.38.